The summed E-state index contributed by atoms with van der Waals surface area (Å²) in [5.41, 5.74) is 1.57. The fourth-order valence-corrected chi connectivity index (χ4v) is 2.17. The predicted octanol–water partition coefficient (Wildman–Crippen LogP) is 4.94. The predicted molar refractivity (Wildman–Crippen MR) is 93.7 cm³/mol. The van der Waals surface area contributed by atoms with Gasteiger partial charge in [-0.2, -0.15) is 0 Å². The summed E-state index contributed by atoms with van der Waals surface area (Å²) in [6.07, 6.45) is 11.4. The highest BCUT2D eigenvalue weighted by Gasteiger charge is 2.00. The number of hydrogen-bond donors (Lipinski definition) is 0. The summed E-state index contributed by atoms with van der Waals surface area (Å²) >= 11 is 0. The van der Waals surface area contributed by atoms with Crippen LogP contribution in [0.25, 0.3) is 6.08 Å². The lowest BCUT2D eigenvalue weighted by Crippen LogP contribution is -1.97. The Bertz CT molecular complexity index is 618. The molecule has 0 atom stereocenters. The Labute approximate surface area is 138 Å². The monoisotopic (exact) mass is 309 g/mol. The molecule has 1 aromatic carbocycles. The highest BCUT2D eigenvalue weighted by atomic mass is 16.5. The van der Waals surface area contributed by atoms with E-state index in [-0.39, 0.29) is 5.78 Å². The van der Waals surface area contributed by atoms with Gasteiger partial charge in [-0.15, -0.1) is 0 Å². The zero-order valence-corrected chi connectivity index (χ0v) is 13.6. The van der Waals surface area contributed by atoms with Gasteiger partial charge in [0.25, 0.3) is 0 Å². The summed E-state index contributed by atoms with van der Waals surface area (Å²) in [6, 6.07) is 11.3. The van der Waals surface area contributed by atoms with Crippen molar-refractivity contribution in [2.24, 2.45) is 0 Å². The molecule has 0 bridgehead atoms. The Balaban J connectivity index is 1.82. The van der Waals surface area contributed by atoms with E-state index >= 15 is 0 Å². The van der Waals surface area contributed by atoms with Crippen molar-refractivity contribution in [2.75, 3.05) is 6.61 Å². The second kappa shape index (κ2) is 9.57. The maximum Gasteiger partial charge on any atom is 0.187 e. The summed E-state index contributed by atoms with van der Waals surface area (Å²) in [6.45, 7) is 2.96. The summed E-state index contributed by atoms with van der Waals surface area (Å²) in [5, 5.41) is 0. The molecule has 0 aliphatic carbocycles. The van der Waals surface area contributed by atoms with Crippen molar-refractivity contribution < 1.29 is 9.53 Å². The van der Waals surface area contributed by atoms with Gasteiger partial charge in [0.05, 0.1) is 6.61 Å². The van der Waals surface area contributed by atoms with Crippen LogP contribution in [0.4, 0.5) is 0 Å². The van der Waals surface area contributed by atoms with Crippen LogP contribution in [0, 0.1) is 0 Å². The molecule has 0 amide bonds. The van der Waals surface area contributed by atoms with Crippen molar-refractivity contribution in [3.05, 3.63) is 66.0 Å². The number of aromatic nitrogens is 1. The molecule has 1 aromatic heterocycles. The van der Waals surface area contributed by atoms with Gasteiger partial charge in [-0.1, -0.05) is 44.4 Å². The molecule has 0 saturated heterocycles. The normalized spacial score (nSPS) is 10.8. The molecule has 0 aliphatic rings. The summed E-state index contributed by atoms with van der Waals surface area (Å²) < 4.78 is 5.70. The Morgan fingerprint density at radius 2 is 1.96 bits per heavy atom. The number of hydrogen-bond acceptors (Lipinski definition) is 3. The molecule has 120 valence electrons. The molecular weight excluding hydrogens is 286 g/mol. The fourth-order valence-electron chi connectivity index (χ4n) is 2.17. The lowest BCUT2D eigenvalue weighted by Gasteiger charge is -2.06. The third-order valence-corrected chi connectivity index (χ3v) is 3.52. The first-order valence-corrected chi connectivity index (χ1v) is 8.15. The molecule has 1 heterocycles. The number of unbranched alkanes of at least 4 members (excludes halogenated alkanes) is 3. The van der Waals surface area contributed by atoms with E-state index in [2.05, 4.69) is 11.9 Å². The number of carbonyl (C=O) groups excluding carboxylic acids is 1. The molecule has 0 fully saturated rings. The van der Waals surface area contributed by atoms with Gasteiger partial charge in [0.1, 0.15) is 5.75 Å². The SMILES string of the molecule is CCCCCCOc1ccc(/C=C/C(=O)c2cccnc2)cc1. The van der Waals surface area contributed by atoms with Gasteiger partial charge >= 0.3 is 0 Å². The van der Waals surface area contributed by atoms with E-state index < -0.39 is 0 Å². The van der Waals surface area contributed by atoms with Crippen LogP contribution in [0.3, 0.4) is 0 Å². The largest absolute Gasteiger partial charge is 0.494 e. The van der Waals surface area contributed by atoms with E-state index in [1.54, 1.807) is 36.7 Å². The molecule has 0 unspecified atom stereocenters. The van der Waals surface area contributed by atoms with Crippen LogP contribution >= 0.6 is 0 Å². The van der Waals surface area contributed by atoms with Gasteiger partial charge in [0.15, 0.2) is 5.78 Å². The number of allylic oxidation sites excluding steroid dienone is 1. The summed E-state index contributed by atoms with van der Waals surface area (Å²) in [5.74, 6) is 0.826. The van der Waals surface area contributed by atoms with Crippen LogP contribution in [0.5, 0.6) is 5.75 Å². The molecule has 0 saturated carbocycles. The third-order valence-electron chi connectivity index (χ3n) is 3.52. The first-order chi connectivity index (χ1) is 11.3. The van der Waals surface area contributed by atoms with Gasteiger partial charge in [-0.25, -0.2) is 0 Å². The number of rotatable bonds is 9. The molecule has 0 spiro atoms. The Morgan fingerprint density at radius 1 is 1.13 bits per heavy atom. The van der Waals surface area contributed by atoms with Crippen LogP contribution in [-0.2, 0) is 0 Å². The fraction of sp³-hybridized carbons (Fsp3) is 0.300. The molecule has 23 heavy (non-hydrogen) atoms. The lowest BCUT2D eigenvalue weighted by atomic mass is 10.1. The van der Waals surface area contributed by atoms with Crippen molar-refractivity contribution in [3.8, 4) is 5.75 Å². The molecule has 3 heteroatoms. The summed E-state index contributed by atoms with van der Waals surface area (Å²) in [4.78, 5) is 15.9. The van der Waals surface area contributed by atoms with Gasteiger partial charge in [0.2, 0.25) is 0 Å². The molecule has 0 aliphatic heterocycles. The highest BCUT2D eigenvalue weighted by Crippen LogP contribution is 2.14. The van der Waals surface area contributed by atoms with Crippen molar-refractivity contribution in [2.45, 2.75) is 32.6 Å². The first kappa shape index (κ1) is 16.9. The van der Waals surface area contributed by atoms with Crippen LogP contribution in [0.2, 0.25) is 0 Å². The van der Waals surface area contributed by atoms with Crippen molar-refractivity contribution in [3.63, 3.8) is 0 Å². The zero-order valence-electron chi connectivity index (χ0n) is 13.6. The second-order valence-corrected chi connectivity index (χ2v) is 5.42. The topological polar surface area (TPSA) is 39.2 Å². The van der Waals surface area contributed by atoms with E-state index in [1.165, 1.54) is 19.3 Å². The van der Waals surface area contributed by atoms with Crippen LogP contribution in [0.15, 0.2) is 54.9 Å². The van der Waals surface area contributed by atoms with E-state index in [9.17, 15) is 4.79 Å². The number of ether oxygens (including phenoxy) is 1. The van der Waals surface area contributed by atoms with E-state index in [1.807, 2.05) is 24.3 Å². The van der Waals surface area contributed by atoms with Gasteiger partial charge in [-0.05, 0) is 42.3 Å². The Hall–Kier alpha value is -2.42. The highest BCUT2D eigenvalue weighted by molar-refractivity contribution is 6.06. The third kappa shape index (κ3) is 6.07. The van der Waals surface area contributed by atoms with Crippen molar-refractivity contribution in [1.82, 2.24) is 4.98 Å². The minimum Gasteiger partial charge on any atom is -0.494 e. The van der Waals surface area contributed by atoms with E-state index in [4.69, 9.17) is 4.74 Å². The number of carbonyl (C=O) groups is 1. The number of benzene rings is 1. The smallest absolute Gasteiger partial charge is 0.187 e. The zero-order chi connectivity index (χ0) is 16.3. The Kier molecular flexibility index (Phi) is 7.05. The maximum atomic E-state index is 12.0. The minimum atomic E-state index is -0.0469. The standard InChI is InChI=1S/C20H23NO2/c1-2-3-4-5-15-23-19-11-8-17(9-12-19)10-13-20(22)18-7-6-14-21-16-18/h6-14,16H,2-5,15H2,1H3/b13-10+. The summed E-state index contributed by atoms with van der Waals surface area (Å²) in [7, 11) is 0. The number of ketones is 1. The second-order valence-electron chi connectivity index (χ2n) is 5.42. The van der Waals surface area contributed by atoms with Crippen molar-refractivity contribution in [1.29, 1.82) is 0 Å². The lowest BCUT2D eigenvalue weighted by molar-refractivity contribution is 0.104. The quantitative estimate of drug-likeness (QED) is 0.374. The average molecular weight is 309 g/mol. The van der Waals surface area contributed by atoms with Gasteiger partial charge in [0, 0.05) is 18.0 Å². The molecule has 2 rings (SSSR count). The van der Waals surface area contributed by atoms with Gasteiger partial charge < -0.3 is 4.74 Å². The van der Waals surface area contributed by atoms with E-state index in [0.717, 1.165) is 24.3 Å². The molecule has 0 radical (unpaired) electrons. The Morgan fingerprint density at radius 3 is 2.65 bits per heavy atom. The minimum absolute atomic E-state index is 0.0469. The molecular formula is C20H23NO2. The van der Waals surface area contributed by atoms with Crippen LogP contribution in [-0.4, -0.2) is 17.4 Å². The maximum absolute atomic E-state index is 12.0. The molecule has 0 N–H and O–H groups in total. The number of pyridine rings is 1. The van der Waals surface area contributed by atoms with Gasteiger partial charge in [-0.3, -0.25) is 9.78 Å². The average Bonchev–Trinajstić information content (AvgIpc) is 2.61. The van der Waals surface area contributed by atoms with Crippen LogP contribution in [0.1, 0.15) is 48.5 Å². The van der Waals surface area contributed by atoms with E-state index in [0.29, 0.717) is 5.56 Å². The number of nitrogens with zero attached hydrogens (tertiary/aromatic N) is 1. The first-order valence-electron chi connectivity index (χ1n) is 8.15. The molecule has 2 aromatic rings. The van der Waals surface area contributed by atoms with Crippen LogP contribution < -0.4 is 4.74 Å². The van der Waals surface area contributed by atoms with Crippen molar-refractivity contribution >= 4 is 11.9 Å². The molecule has 3 nitrogen and oxygen atoms in total.